The van der Waals surface area contributed by atoms with Gasteiger partial charge in [0.05, 0.1) is 0 Å². The van der Waals surface area contributed by atoms with Crippen LogP contribution in [0.3, 0.4) is 0 Å². The second kappa shape index (κ2) is 5.90. The second-order valence-corrected chi connectivity index (χ2v) is 4.14. The molecule has 0 spiro atoms. The third-order valence-electron chi connectivity index (χ3n) is 2.15. The summed E-state index contributed by atoms with van der Waals surface area (Å²) in [5, 5.41) is 0.840. The summed E-state index contributed by atoms with van der Waals surface area (Å²) in [5.41, 5.74) is -0.0353. The maximum absolute atomic E-state index is 11.8. The van der Waals surface area contributed by atoms with Gasteiger partial charge in [-0.25, -0.2) is 4.98 Å². The zero-order chi connectivity index (χ0) is 11.3. The first-order valence-electron chi connectivity index (χ1n) is 5.03. The van der Waals surface area contributed by atoms with Crippen molar-refractivity contribution in [3.8, 4) is 0 Å². The van der Waals surface area contributed by atoms with Crippen molar-refractivity contribution in [3.05, 3.63) is 22.7 Å². The zero-order valence-electron chi connectivity index (χ0n) is 9.11. The molecule has 0 saturated heterocycles. The van der Waals surface area contributed by atoms with Crippen LogP contribution in [0, 0.1) is 0 Å². The Morgan fingerprint density at radius 3 is 2.87 bits per heavy atom. The van der Waals surface area contributed by atoms with Gasteiger partial charge >= 0.3 is 0 Å². The van der Waals surface area contributed by atoms with E-state index in [0.29, 0.717) is 5.82 Å². The van der Waals surface area contributed by atoms with E-state index in [9.17, 15) is 4.79 Å². The Morgan fingerprint density at radius 1 is 1.53 bits per heavy atom. The van der Waals surface area contributed by atoms with Gasteiger partial charge in [0.15, 0.2) is 5.82 Å². The number of hydrogen-bond donors (Lipinski definition) is 0. The van der Waals surface area contributed by atoms with Crippen molar-refractivity contribution in [1.29, 1.82) is 0 Å². The molecular formula is C10H16BrN3O. The minimum absolute atomic E-state index is 0.0353. The van der Waals surface area contributed by atoms with Crippen molar-refractivity contribution in [3.63, 3.8) is 0 Å². The number of halogens is 1. The quantitative estimate of drug-likeness (QED) is 0.762. The molecule has 0 amide bonds. The Bertz CT molecular complexity index is 358. The summed E-state index contributed by atoms with van der Waals surface area (Å²) in [6, 6.07) is 0. The van der Waals surface area contributed by atoms with Crippen molar-refractivity contribution in [2.24, 2.45) is 7.05 Å². The highest BCUT2D eigenvalue weighted by atomic mass is 79.9. The van der Waals surface area contributed by atoms with Crippen LogP contribution in [-0.4, -0.2) is 28.0 Å². The molecule has 0 bridgehead atoms. The Morgan fingerprint density at radius 2 is 2.27 bits per heavy atom. The molecular weight excluding hydrogens is 258 g/mol. The summed E-state index contributed by atoms with van der Waals surface area (Å²) in [5.74, 6) is 0.543. The number of hydrogen-bond acceptors (Lipinski definition) is 3. The van der Waals surface area contributed by atoms with Gasteiger partial charge in [0.2, 0.25) is 0 Å². The van der Waals surface area contributed by atoms with Crippen LogP contribution in [0.1, 0.15) is 13.3 Å². The fourth-order valence-electron chi connectivity index (χ4n) is 1.40. The van der Waals surface area contributed by atoms with Gasteiger partial charge in [0.1, 0.15) is 0 Å². The fraction of sp³-hybridized carbons (Fsp3) is 0.600. The first-order chi connectivity index (χ1) is 7.20. The maximum Gasteiger partial charge on any atom is 0.293 e. The first-order valence-corrected chi connectivity index (χ1v) is 6.15. The molecule has 1 heterocycles. The van der Waals surface area contributed by atoms with Crippen LogP contribution < -0.4 is 10.5 Å². The van der Waals surface area contributed by atoms with E-state index in [1.54, 1.807) is 24.0 Å². The van der Waals surface area contributed by atoms with E-state index in [1.807, 2.05) is 4.90 Å². The minimum atomic E-state index is -0.0353. The lowest BCUT2D eigenvalue weighted by atomic mass is 10.4. The van der Waals surface area contributed by atoms with E-state index in [1.165, 1.54) is 0 Å². The van der Waals surface area contributed by atoms with E-state index >= 15 is 0 Å². The van der Waals surface area contributed by atoms with Crippen LogP contribution in [0.15, 0.2) is 17.2 Å². The Hall–Kier alpha value is -0.840. The molecule has 0 unspecified atom stereocenters. The lowest BCUT2D eigenvalue weighted by Gasteiger charge is -2.21. The van der Waals surface area contributed by atoms with Gasteiger partial charge in [0, 0.05) is 37.9 Å². The van der Waals surface area contributed by atoms with Crippen molar-refractivity contribution >= 4 is 21.7 Å². The van der Waals surface area contributed by atoms with Crippen LogP contribution >= 0.6 is 15.9 Å². The summed E-state index contributed by atoms with van der Waals surface area (Å²) in [7, 11) is 1.74. The van der Waals surface area contributed by atoms with E-state index in [4.69, 9.17) is 0 Å². The number of aromatic nitrogens is 2. The molecule has 4 nitrogen and oxygen atoms in total. The molecule has 5 heteroatoms. The Balaban J connectivity index is 2.99. The van der Waals surface area contributed by atoms with Gasteiger partial charge in [-0.1, -0.05) is 22.9 Å². The van der Waals surface area contributed by atoms with Crippen molar-refractivity contribution in [2.45, 2.75) is 13.3 Å². The van der Waals surface area contributed by atoms with Crippen LogP contribution in [0.4, 0.5) is 5.82 Å². The molecule has 84 valence electrons. The smallest absolute Gasteiger partial charge is 0.293 e. The van der Waals surface area contributed by atoms with E-state index in [0.717, 1.165) is 24.8 Å². The topological polar surface area (TPSA) is 38.1 Å². The fourth-order valence-corrected chi connectivity index (χ4v) is 1.83. The highest BCUT2D eigenvalue weighted by molar-refractivity contribution is 9.09. The van der Waals surface area contributed by atoms with Crippen molar-refractivity contribution < 1.29 is 0 Å². The molecule has 0 aliphatic rings. The van der Waals surface area contributed by atoms with E-state index < -0.39 is 0 Å². The monoisotopic (exact) mass is 273 g/mol. The third-order valence-corrected chi connectivity index (χ3v) is 2.50. The lowest BCUT2D eigenvalue weighted by Crippen LogP contribution is -2.34. The molecule has 0 aliphatic carbocycles. The highest BCUT2D eigenvalue weighted by Crippen LogP contribution is 2.04. The molecule has 0 radical (unpaired) electrons. The SMILES string of the molecule is CCCN(CCBr)c1nccn(C)c1=O. The van der Waals surface area contributed by atoms with Gasteiger partial charge in [-0.15, -0.1) is 0 Å². The average molecular weight is 274 g/mol. The molecule has 1 aromatic rings. The average Bonchev–Trinajstić information content (AvgIpc) is 2.22. The van der Waals surface area contributed by atoms with E-state index in [2.05, 4.69) is 27.8 Å². The molecule has 0 aromatic carbocycles. The Kier molecular flexibility index (Phi) is 4.81. The number of anilines is 1. The van der Waals surface area contributed by atoms with Gasteiger partial charge in [-0.2, -0.15) is 0 Å². The van der Waals surface area contributed by atoms with Gasteiger partial charge < -0.3 is 9.47 Å². The summed E-state index contributed by atoms with van der Waals surface area (Å²) in [6.07, 6.45) is 4.34. The number of alkyl halides is 1. The molecule has 15 heavy (non-hydrogen) atoms. The summed E-state index contributed by atoms with van der Waals surface area (Å²) < 4.78 is 1.55. The summed E-state index contributed by atoms with van der Waals surface area (Å²) in [6.45, 7) is 3.76. The third kappa shape index (κ3) is 3.06. The molecule has 0 N–H and O–H groups in total. The Labute approximate surface area is 98.1 Å². The predicted molar refractivity (Wildman–Crippen MR) is 65.8 cm³/mol. The molecule has 1 rings (SSSR count). The van der Waals surface area contributed by atoms with Crippen LogP contribution in [0.25, 0.3) is 0 Å². The summed E-state index contributed by atoms with van der Waals surface area (Å²) in [4.78, 5) is 18.0. The molecule has 1 aromatic heterocycles. The predicted octanol–water partition coefficient (Wildman–Crippen LogP) is 1.39. The minimum Gasteiger partial charge on any atom is -0.351 e. The zero-order valence-corrected chi connectivity index (χ0v) is 10.7. The van der Waals surface area contributed by atoms with Gasteiger partial charge in [-0.05, 0) is 6.42 Å². The molecule has 0 fully saturated rings. The van der Waals surface area contributed by atoms with Crippen LogP contribution in [-0.2, 0) is 7.05 Å². The van der Waals surface area contributed by atoms with Crippen molar-refractivity contribution in [2.75, 3.05) is 23.3 Å². The van der Waals surface area contributed by atoms with Gasteiger partial charge in [-0.3, -0.25) is 4.79 Å². The summed E-state index contributed by atoms with van der Waals surface area (Å²) >= 11 is 3.38. The maximum atomic E-state index is 11.8. The molecule has 0 atom stereocenters. The lowest BCUT2D eigenvalue weighted by molar-refractivity contribution is 0.751. The number of aryl methyl sites for hydroxylation is 1. The van der Waals surface area contributed by atoms with E-state index in [-0.39, 0.29) is 5.56 Å². The molecule has 0 saturated carbocycles. The first kappa shape index (κ1) is 12.2. The number of rotatable bonds is 5. The standard InChI is InChI=1S/C10H16BrN3O/c1-3-6-14(7-4-11)9-10(15)13(2)8-5-12-9/h5,8H,3-4,6-7H2,1-2H3. The molecule has 0 aliphatic heterocycles. The van der Waals surface area contributed by atoms with Crippen molar-refractivity contribution in [1.82, 2.24) is 9.55 Å². The normalized spacial score (nSPS) is 10.3. The largest absolute Gasteiger partial charge is 0.351 e. The van der Waals surface area contributed by atoms with Crippen LogP contribution in [0.5, 0.6) is 0 Å². The number of nitrogens with zero attached hydrogens (tertiary/aromatic N) is 3. The van der Waals surface area contributed by atoms with Gasteiger partial charge in [0.25, 0.3) is 5.56 Å². The highest BCUT2D eigenvalue weighted by Gasteiger charge is 2.10. The second-order valence-electron chi connectivity index (χ2n) is 3.34. The van der Waals surface area contributed by atoms with Crippen LogP contribution in [0.2, 0.25) is 0 Å².